The van der Waals surface area contributed by atoms with Gasteiger partial charge < -0.3 is 14.8 Å². The second-order valence-corrected chi connectivity index (χ2v) is 6.44. The van der Waals surface area contributed by atoms with Crippen LogP contribution in [0, 0.1) is 0 Å². The van der Waals surface area contributed by atoms with Crippen molar-refractivity contribution in [2.24, 2.45) is 0 Å². The lowest BCUT2D eigenvalue weighted by molar-refractivity contribution is -0.141. The van der Waals surface area contributed by atoms with Crippen molar-refractivity contribution in [1.29, 1.82) is 0 Å². The molecule has 0 fully saturated rings. The molecule has 1 N–H and O–H groups in total. The quantitative estimate of drug-likeness (QED) is 0.452. The third-order valence-corrected chi connectivity index (χ3v) is 4.33. The molecule has 0 aliphatic carbocycles. The van der Waals surface area contributed by atoms with Crippen molar-refractivity contribution in [3.05, 3.63) is 78.1 Å². The molecule has 32 heavy (non-hydrogen) atoms. The second-order valence-electron chi connectivity index (χ2n) is 6.44. The molecule has 0 radical (unpaired) electrons. The van der Waals surface area contributed by atoms with E-state index in [-0.39, 0.29) is 11.4 Å². The molecule has 2 aromatic carbocycles. The number of nitrogens with zero attached hydrogens (tertiary/aromatic N) is 2. The molecule has 3 aromatic rings. The molecule has 0 aliphatic heterocycles. The number of methoxy groups -OCH3 is 2. The van der Waals surface area contributed by atoms with Crippen LogP contribution in [0.2, 0.25) is 0 Å². The topological polar surface area (TPSA) is 82.5 Å². The van der Waals surface area contributed by atoms with Crippen molar-refractivity contribution >= 4 is 17.6 Å². The molecule has 10 heteroatoms. The van der Waals surface area contributed by atoms with Crippen molar-refractivity contribution in [3.8, 4) is 16.9 Å². The lowest BCUT2D eigenvalue weighted by Crippen LogP contribution is -2.15. The van der Waals surface area contributed by atoms with Crippen LogP contribution in [0.3, 0.4) is 0 Å². The van der Waals surface area contributed by atoms with E-state index in [4.69, 9.17) is 0 Å². The van der Waals surface area contributed by atoms with E-state index in [1.807, 2.05) is 0 Å². The minimum Gasteiger partial charge on any atom is -0.466 e. The fourth-order valence-electron chi connectivity index (χ4n) is 2.80. The Balaban J connectivity index is 1.97. The second kappa shape index (κ2) is 9.38. The van der Waals surface area contributed by atoms with Gasteiger partial charge in [-0.25, -0.2) is 14.3 Å². The first-order valence-corrected chi connectivity index (χ1v) is 9.21. The van der Waals surface area contributed by atoms with Crippen LogP contribution < -0.4 is 5.32 Å². The monoisotopic (exact) mass is 445 g/mol. The number of hydrogen-bond donors (Lipinski definition) is 1. The van der Waals surface area contributed by atoms with Crippen LogP contribution in [-0.2, 0) is 25.2 Å². The number of hydrogen-bond acceptors (Lipinski definition) is 6. The molecule has 0 unspecified atom stereocenters. The fraction of sp³-hybridized carbons (Fsp3) is 0.136. The number of aromatic nitrogens is 2. The van der Waals surface area contributed by atoms with E-state index in [9.17, 15) is 22.8 Å². The van der Waals surface area contributed by atoms with Gasteiger partial charge in [-0.3, -0.25) is 0 Å². The zero-order valence-electron chi connectivity index (χ0n) is 17.0. The smallest absolute Gasteiger partial charge is 0.435 e. The summed E-state index contributed by atoms with van der Waals surface area (Å²) in [5, 5.41) is 6.46. The molecule has 7 nitrogen and oxygen atoms in total. The number of carbonyl (C=O) groups is 2. The number of halogens is 3. The van der Waals surface area contributed by atoms with Gasteiger partial charge in [0, 0.05) is 11.3 Å². The maximum absolute atomic E-state index is 13.3. The minimum absolute atomic E-state index is 0.166. The number of benzene rings is 2. The highest BCUT2D eigenvalue weighted by Gasteiger charge is 2.35. The van der Waals surface area contributed by atoms with E-state index >= 15 is 0 Å². The Labute approximate surface area is 181 Å². The average molecular weight is 445 g/mol. The van der Waals surface area contributed by atoms with Crippen LogP contribution in [0.4, 0.5) is 18.9 Å². The van der Waals surface area contributed by atoms with E-state index in [2.05, 4.69) is 19.9 Å². The Kier molecular flexibility index (Phi) is 6.62. The van der Waals surface area contributed by atoms with E-state index in [1.165, 1.54) is 4.68 Å². The largest absolute Gasteiger partial charge is 0.466 e. The highest BCUT2D eigenvalue weighted by molar-refractivity contribution is 5.98. The SMILES string of the molecule is COC(=O)/C=C(/Nc1ccc(-c2cc(C(F)(F)F)nn2-c2ccccc2)cc1)C(=O)OC. The highest BCUT2D eigenvalue weighted by atomic mass is 19.4. The van der Waals surface area contributed by atoms with Gasteiger partial charge in [-0.15, -0.1) is 0 Å². The molecule has 0 saturated carbocycles. The number of esters is 2. The van der Waals surface area contributed by atoms with Crippen molar-refractivity contribution in [2.75, 3.05) is 19.5 Å². The van der Waals surface area contributed by atoms with Crippen LogP contribution in [0.15, 0.2) is 72.4 Å². The lowest BCUT2D eigenvalue weighted by Gasteiger charge is -2.11. The first kappa shape index (κ1) is 22.6. The zero-order valence-corrected chi connectivity index (χ0v) is 17.0. The van der Waals surface area contributed by atoms with E-state index < -0.39 is 23.8 Å². The van der Waals surface area contributed by atoms with Gasteiger partial charge in [0.05, 0.1) is 31.7 Å². The number of ether oxygens (including phenoxy) is 2. The van der Waals surface area contributed by atoms with Crippen molar-refractivity contribution in [3.63, 3.8) is 0 Å². The molecule has 166 valence electrons. The van der Waals surface area contributed by atoms with Gasteiger partial charge in [0.15, 0.2) is 5.69 Å². The van der Waals surface area contributed by atoms with Gasteiger partial charge in [0.2, 0.25) is 0 Å². The first-order valence-electron chi connectivity index (χ1n) is 9.21. The normalized spacial score (nSPS) is 11.7. The Hall–Kier alpha value is -4.08. The molecular formula is C22H18F3N3O4. The summed E-state index contributed by atoms with van der Waals surface area (Å²) in [7, 11) is 2.31. The number of para-hydroxylation sites is 1. The minimum atomic E-state index is -4.61. The number of alkyl halides is 3. The predicted molar refractivity (Wildman–Crippen MR) is 110 cm³/mol. The summed E-state index contributed by atoms with van der Waals surface area (Å²) in [6.45, 7) is 0. The van der Waals surface area contributed by atoms with Gasteiger partial charge >= 0.3 is 18.1 Å². The lowest BCUT2D eigenvalue weighted by atomic mass is 10.1. The first-order chi connectivity index (χ1) is 15.2. The van der Waals surface area contributed by atoms with Gasteiger partial charge in [-0.1, -0.05) is 30.3 Å². The highest BCUT2D eigenvalue weighted by Crippen LogP contribution is 2.33. The molecule has 0 saturated heterocycles. The van der Waals surface area contributed by atoms with Crippen LogP contribution in [0.1, 0.15) is 5.69 Å². The molecule has 0 amide bonds. The third kappa shape index (κ3) is 5.15. The molecule has 1 aromatic heterocycles. The summed E-state index contributed by atoms with van der Waals surface area (Å²) in [4.78, 5) is 23.4. The van der Waals surface area contributed by atoms with Gasteiger partial charge in [-0.05, 0) is 30.3 Å². The van der Waals surface area contributed by atoms with Gasteiger partial charge in [-0.2, -0.15) is 18.3 Å². The maximum Gasteiger partial charge on any atom is 0.435 e. The standard InChI is InChI=1S/C22H18F3N3O4/c1-31-20(29)12-17(21(30)32-2)26-15-10-8-14(9-11-15)18-13-19(22(23,24)25)27-28(18)16-6-4-3-5-7-16/h3-13,26H,1-2H3/b17-12+. The summed E-state index contributed by atoms with van der Waals surface area (Å²) in [6, 6.07) is 15.6. The summed E-state index contributed by atoms with van der Waals surface area (Å²) in [5.74, 6) is -1.56. The van der Waals surface area contributed by atoms with E-state index in [0.717, 1.165) is 26.4 Å². The molecular weight excluding hydrogens is 427 g/mol. The summed E-state index contributed by atoms with van der Waals surface area (Å²) in [6.07, 6.45) is -3.68. The Morgan fingerprint density at radius 2 is 1.66 bits per heavy atom. The maximum atomic E-state index is 13.3. The summed E-state index contributed by atoms with van der Waals surface area (Å²) in [5.41, 5.74) is 0.367. The molecule has 0 aliphatic rings. The van der Waals surface area contributed by atoms with Crippen molar-refractivity contribution < 1.29 is 32.2 Å². The molecule has 1 heterocycles. The number of carbonyl (C=O) groups excluding carboxylic acids is 2. The van der Waals surface area contributed by atoms with Crippen LogP contribution in [0.5, 0.6) is 0 Å². The van der Waals surface area contributed by atoms with Crippen LogP contribution in [-0.4, -0.2) is 35.9 Å². The number of anilines is 1. The Morgan fingerprint density at radius 1 is 1.00 bits per heavy atom. The summed E-state index contributed by atoms with van der Waals surface area (Å²) < 4.78 is 50.2. The average Bonchev–Trinajstić information content (AvgIpc) is 3.25. The fourth-order valence-corrected chi connectivity index (χ4v) is 2.80. The Morgan fingerprint density at radius 3 is 2.22 bits per heavy atom. The molecule has 3 rings (SSSR count). The number of nitrogens with one attached hydrogen (secondary N) is 1. The van der Waals surface area contributed by atoms with Crippen LogP contribution in [0.25, 0.3) is 16.9 Å². The van der Waals surface area contributed by atoms with E-state index in [1.54, 1.807) is 54.6 Å². The molecule has 0 atom stereocenters. The van der Waals surface area contributed by atoms with Gasteiger partial charge in [0.1, 0.15) is 5.70 Å². The van der Waals surface area contributed by atoms with Crippen LogP contribution >= 0.6 is 0 Å². The number of rotatable bonds is 6. The predicted octanol–water partition coefficient (Wildman–Crippen LogP) is 4.20. The molecule has 0 spiro atoms. The Bertz CT molecular complexity index is 1140. The van der Waals surface area contributed by atoms with Gasteiger partial charge in [0.25, 0.3) is 0 Å². The van der Waals surface area contributed by atoms with Crippen molar-refractivity contribution in [2.45, 2.75) is 6.18 Å². The summed E-state index contributed by atoms with van der Waals surface area (Å²) >= 11 is 0. The third-order valence-electron chi connectivity index (χ3n) is 4.33. The van der Waals surface area contributed by atoms with E-state index in [0.29, 0.717) is 16.9 Å². The van der Waals surface area contributed by atoms with Crippen molar-refractivity contribution in [1.82, 2.24) is 9.78 Å². The molecule has 0 bridgehead atoms. The zero-order chi connectivity index (χ0) is 23.3.